The summed E-state index contributed by atoms with van der Waals surface area (Å²) in [5.74, 6) is -0.636. The zero-order valence-electron chi connectivity index (χ0n) is 15.2. The van der Waals surface area contributed by atoms with Crippen LogP contribution in [0.2, 0.25) is 0 Å². The summed E-state index contributed by atoms with van der Waals surface area (Å²) in [6.07, 6.45) is 5.29. The maximum Gasteiger partial charge on any atom is 0.325 e. The first-order valence-corrected chi connectivity index (χ1v) is 9.51. The van der Waals surface area contributed by atoms with Crippen molar-refractivity contribution in [2.75, 3.05) is 11.9 Å². The van der Waals surface area contributed by atoms with Crippen molar-refractivity contribution in [1.29, 1.82) is 0 Å². The van der Waals surface area contributed by atoms with Gasteiger partial charge in [0.25, 0.3) is 5.91 Å². The molecule has 0 radical (unpaired) electrons. The first kappa shape index (κ1) is 17.5. The van der Waals surface area contributed by atoms with Gasteiger partial charge in [0.05, 0.1) is 0 Å². The molecule has 140 valence electrons. The smallest absolute Gasteiger partial charge is 0.324 e. The van der Waals surface area contributed by atoms with Gasteiger partial charge < -0.3 is 10.6 Å². The summed E-state index contributed by atoms with van der Waals surface area (Å²) in [7, 11) is 0. The number of amides is 4. The van der Waals surface area contributed by atoms with Crippen LogP contribution < -0.4 is 10.6 Å². The fraction of sp³-hybridized carbons (Fsp3) is 0.381. The quantitative estimate of drug-likeness (QED) is 0.818. The Kier molecular flexibility index (Phi) is 4.56. The number of fused-ring (bicyclic) bond motifs is 1. The predicted molar refractivity (Wildman–Crippen MR) is 103 cm³/mol. The molecule has 2 aromatic rings. The van der Waals surface area contributed by atoms with Crippen LogP contribution in [0, 0.1) is 0 Å². The Bertz CT molecular complexity index is 895. The molecule has 1 spiro atoms. The molecular formula is C21H23N3O3. The van der Waals surface area contributed by atoms with Crippen LogP contribution in [0.4, 0.5) is 10.5 Å². The molecule has 6 nitrogen and oxygen atoms in total. The van der Waals surface area contributed by atoms with E-state index in [0.717, 1.165) is 41.4 Å². The SMILES string of the molecule is O=C(CN1C(=O)NC2(CCCCCC2)C1=O)Nc1cccc2ccccc12. The van der Waals surface area contributed by atoms with Gasteiger partial charge in [-0.25, -0.2) is 4.79 Å². The molecule has 4 amide bonds. The van der Waals surface area contributed by atoms with Gasteiger partial charge in [-0.05, 0) is 24.3 Å². The Morgan fingerprint density at radius 1 is 1.00 bits per heavy atom. The standard InChI is InChI=1S/C21H23N3O3/c25-18(22-17-11-7-9-15-8-3-4-10-16(15)17)14-24-19(26)21(23-20(24)27)12-5-1-2-6-13-21/h3-4,7-11H,1-2,5-6,12-14H2,(H,22,25)(H,23,27). The number of hydrogen-bond donors (Lipinski definition) is 2. The van der Waals surface area contributed by atoms with Gasteiger partial charge in [0.15, 0.2) is 0 Å². The van der Waals surface area contributed by atoms with Crippen LogP contribution in [-0.4, -0.2) is 34.8 Å². The summed E-state index contributed by atoms with van der Waals surface area (Å²) in [5.41, 5.74) is -0.137. The molecule has 0 unspecified atom stereocenters. The Labute approximate surface area is 157 Å². The first-order valence-electron chi connectivity index (χ1n) is 9.51. The Morgan fingerprint density at radius 2 is 1.70 bits per heavy atom. The number of carbonyl (C=O) groups excluding carboxylic acids is 3. The largest absolute Gasteiger partial charge is 0.325 e. The van der Waals surface area contributed by atoms with Crippen LogP contribution in [0.1, 0.15) is 38.5 Å². The molecule has 1 saturated carbocycles. The maximum absolute atomic E-state index is 12.9. The van der Waals surface area contributed by atoms with E-state index in [9.17, 15) is 14.4 Å². The molecule has 0 atom stereocenters. The second-order valence-corrected chi connectivity index (χ2v) is 7.39. The lowest BCUT2D eigenvalue weighted by Crippen LogP contribution is -2.47. The number of nitrogens with one attached hydrogen (secondary N) is 2. The van der Waals surface area contributed by atoms with E-state index in [2.05, 4.69) is 10.6 Å². The van der Waals surface area contributed by atoms with Crippen LogP contribution in [0.3, 0.4) is 0 Å². The number of imide groups is 1. The number of anilines is 1. The van der Waals surface area contributed by atoms with Crippen LogP contribution in [0.5, 0.6) is 0 Å². The topological polar surface area (TPSA) is 78.5 Å². The summed E-state index contributed by atoms with van der Waals surface area (Å²) in [5, 5.41) is 7.65. The molecule has 2 aromatic carbocycles. The average molecular weight is 365 g/mol. The van der Waals surface area contributed by atoms with E-state index < -0.39 is 11.6 Å². The van der Waals surface area contributed by atoms with Gasteiger partial charge in [-0.15, -0.1) is 0 Å². The van der Waals surface area contributed by atoms with E-state index >= 15 is 0 Å². The monoisotopic (exact) mass is 365 g/mol. The van der Waals surface area contributed by atoms with E-state index in [1.165, 1.54) is 0 Å². The predicted octanol–water partition coefficient (Wildman–Crippen LogP) is 3.42. The summed E-state index contributed by atoms with van der Waals surface area (Å²) < 4.78 is 0. The number of benzene rings is 2. The highest BCUT2D eigenvalue weighted by molar-refractivity contribution is 6.11. The van der Waals surface area contributed by atoms with Gasteiger partial charge in [-0.2, -0.15) is 0 Å². The van der Waals surface area contributed by atoms with Crippen LogP contribution in [-0.2, 0) is 9.59 Å². The van der Waals surface area contributed by atoms with E-state index in [0.29, 0.717) is 18.5 Å². The zero-order valence-corrected chi connectivity index (χ0v) is 15.2. The van der Waals surface area contributed by atoms with Crippen molar-refractivity contribution >= 4 is 34.3 Å². The van der Waals surface area contributed by atoms with Crippen molar-refractivity contribution in [2.24, 2.45) is 0 Å². The third-order valence-corrected chi connectivity index (χ3v) is 5.57. The normalized spacial score (nSPS) is 19.2. The molecule has 1 heterocycles. The summed E-state index contributed by atoms with van der Waals surface area (Å²) in [4.78, 5) is 38.9. The van der Waals surface area contributed by atoms with Crippen molar-refractivity contribution in [3.8, 4) is 0 Å². The van der Waals surface area contributed by atoms with Crippen molar-refractivity contribution in [1.82, 2.24) is 10.2 Å². The summed E-state index contributed by atoms with van der Waals surface area (Å²) in [6.45, 7) is -0.268. The van der Waals surface area contributed by atoms with E-state index in [1.54, 1.807) is 0 Å². The summed E-state index contributed by atoms with van der Waals surface area (Å²) >= 11 is 0. The van der Waals surface area contributed by atoms with Gasteiger partial charge in [-0.1, -0.05) is 62.1 Å². The lowest BCUT2D eigenvalue weighted by molar-refractivity contribution is -0.134. The van der Waals surface area contributed by atoms with Crippen LogP contribution in [0.25, 0.3) is 10.8 Å². The van der Waals surface area contributed by atoms with Gasteiger partial charge in [0.2, 0.25) is 5.91 Å². The van der Waals surface area contributed by atoms with Crippen LogP contribution in [0.15, 0.2) is 42.5 Å². The Hall–Kier alpha value is -2.89. The number of hydrogen-bond acceptors (Lipinski definition) is 3. The highest BCUT2D eigenvalue weighted by Gasteiger charge is 2.51. The molecule has 0 bridgehead atoms. The maximum atomic E-state index is 12.9. The van der Waals surface area contributed by atoms with Crippen molar-refractivity contribution < 1.29 is 14.4 Å². The highest BCUT2D eigenvalue weighted by Crippen LogP contribution is 2.32. The second-order valence-electron chi connectivity index (χ2n) is 7.39. The minimum absolute atomic E-state index is 0.262. The molecule has 0 aromatic heterocycles. The summed E-state index contributed by atoms with van der Waals surface area (Å²) in [6, 6.07) is 12.9. The number of urea groups is 1. The van der Waals surface area contributed by atoms with Gasteiger partial charge in [-0.3, -0.25) is 14.5 Å². The van der Waals surface area contributed by atoms with Crippen molar-refractivity contribution in [2.45, 2.75) is 44.1 Å². The zero-order chi connectivity index (χ0) is 18.9. The number of carbonyl (C=O) groups is 3. The molecule has 2 aliphatic rings. The molecule has 2 N–H and O–H groups in total. The van der Waals surface area contributed by atoms with Crippen molar-refractivity contribution in [3.63, 3.8) is 0 Å². The lowest BCUT2D eigenvalue weighted by Gasteiger charge is -2.24. The fourth-order valence-electron chi connectivity index (χ4n) is 4.16. The Morgan fingerprint density at radius 3 is 2.48 bits per heavy atom. The van der Waals surface area contributed by atoms with Crippen molar-refractivity contribution in [3.05, 3.63) is 42.5 Å². The molecular weight excluding hydrogens is 342 g/mol. The van der Waals surface area contributed by atoms with Gasteiger partial charge >= 0.3 is 6.03 Å². The number of rotatable bonds is 3. The molecule has 1 aliphatic heterocycles. The molecule has 4 rings (SSSR count). The van der Waals surface area contributed by atoms with Gasteiger partial charge in [0, 0.05) is 11.1 Å². The molecule has 1 aliphatic carbocycles. The number of nitrogens with zero attached hydrogens (tertiary/aromatic N) is 1. The molecule has 6 heteroatoms. The third kappa shape index (κ3) is 3.27. The highest BCUT2D eigenvalue weighted by atomic mass is 16.2. The van der Waals surface area contributed by atoms with Crippen LogP contribution >= 0.6 is 0 Å². The molecule has 2 fully saturated rings. The Balaban J connectivity index is 1.49. The lowest BCUT2D eigenvalue weighted by atomic mass is 9.90. The second kappa shape index (κ2) is 7.02. The third-order valence-electron chi connectivity index (χ3n) is 5.57. The fourth-order valence-corrected chi connectivity index (χ4v) is 4.16. The molecule has 27 heavy (non-hydrogen) atoms. The minimum atomic E-state index is -0.812. The van der Waals surface area contributed by atoms with E-state index in [1.807, 2.05) is 42.5 Å². The molecule has 1 saturated heterocycles. The van der Waals surface area contributed by atoms with E-state index in [-0.39, 0.29) is 18.4 Å². The minimum Gasteiger partial charge on any atom is -0.324 e. The average Bonchev–Trinajstić information content (AvgIpc) is 2.84. The first-order chi connectivity index (χ1) is 13.1. The van der Waals surface area contributed by atoms with E-state index in [4.69, 9.17) is 0 Å². The van der Waals surface area contributed by atoms with Gasteiger partial charge in [0.1, 0.15) is 12.1 Å².